The fourth-order valence-corrected chi connectivity index (χ4v) is 1.72. The van der Waals surface area contributed by atoms with Crippen molar-refractivity contribution in [1.29, 1.82) is 0 Å². The summed E-state index contributed by atoms with van der Waals surface area (Å²) in [6, 6.07) is 0. The molecule has 5 nitrogen and oxygen atoms in total. The maximum atomic E-state index is 11.8. The van der Waals surface area contributed by atoms with Crippen LogP contribution in [0.5, 0.6) is 0 Å². The number of rotatable bonds is 7. The normalized spacial score (nSPS) is 17.4. The molecule has 5 heteroatoms. The van der Waals surface area contributed by atoms with Crippen LogP contribution < -0.4 is 0 Å². The molecule has 1 rings (SSSR count). The lowest BCUT2D eigenvalue weighted by Crippen LogP contribution is -2.43. The number of ketones is 1. The summed E-state index contributed by atoms with van der Waals surface area (Å²) in [6.07, 6.45) is 2.15. The van der Waals surface area contributed by atoms with Gasteiger partial charge < -0.3 is 9.47 Å². The second-order valence-electron chi connectivity index (χ2n) is 3.82. The van der Waals surface area contributed by atoms with E-state index in [1.807, 2.05) is 0 Å². The lowest BCUT2D eigenvalue weighted by molar-refractivity contribution is -0.137. The Hall–Kier alpha value is -1.10. The van der Waals surface area contributed by atoms with Crippen LogP contribution in [-0.2, 0) is 14.3 Å². The number of ether oxygens (including phenoxy) is 2. The third-order valence-electron chi connectivity index (χ3n) is 2.60. The van der Waals surface area contributed by atoms with E-state index in [0.29, 0.717) is 19.6 Å². The highest BCUT2D eigenvalue weighted by Gasteiger charge is 2.33. The molecule has 1 unspecified atom stereocenters. The van der Waals surface area contributed by atoms with E-state index in [4.69, 9.17) is 9.47 Å². The first kappa shape index (κ1) is 13.0. The molecule has 1 atom stereocenters. The highest BCUT2D eigenvalue weighted by atomic mass is 16.6. The van der Waals surface area contributed by atoms with Gasteiger partial charge in [0.05, 0.1) is 6.54 Å². The first-order valence-electron chi connectivity index (χ1n) is 5.69. The average Bonchev–Trinajstić information content (AvgIpc) is 2.67. The van der Waals surface area contributed by atoms with Crippen LogP contribution in [0.3, 0.4) is 0 Å². The van der Waals surface area contributed by atoms with E-state index in [9.17, 15) is 9.59 Å². The minimum absolute atomic E-state index is 0.0465. The molecule has 0 aliphatic carbocycles. The van der Waals surface area contributed by atoms with E-state index in [0.717, 1.165) is 19.3 Å². The number of unbranched alkanes of at least 4 members (excludes halogenated alkanes) is 2. The third-order valence-corrected chi connectivity index (χ3v) is 2.60. The van der Waals surface area contributed by atoms with Gasteiger partial charge in [0.25, 0.3) is 0 Å². The zero-order chi connectivity index (χ0) is 12.0. The Labute approximate surface area is 95.7 Å². The lowest BCUT2D eigenvalue weighted by atomic mass is 10.1. The molecule has 0 saturated carbocycles. The van der Waals surface area contributed by atoms with Crippen LogP contribution in [0, 0.1) is 0 Å². The molecular formula is C11H19NO4. The summed E-state index contributed by atoms with van der Waals surface area (Å²) in [4.78, 5) is 24.4. The van der Waals surface area contributed by atoms with Gasteiger partial charge in [-0.1, -0.05) is 19.8 Å². The number of carbonyl (C=O) groups is 2. The maximum absolute atomic E-state index is 11.8. The molecule has 0 bridgehead atoms. The van der Waals surface area contributed by atoms with Crippen molar-refractivity contribution in [3.05, 3.63) is 0 Å². The number of cyclic esters (lactones) is 1. The van der Waals surface area contributed by atoms with Gasteiger partial charge in [-0.2, -0.15) is 0 Å². The van der Waals surface area contributed by atoms with E-state index in [1.54, 1.807) is 0 Å². The SMILES string of the molecule is CCCCCC(=O)C(OC)N1CCOC1=O. The van der Waals surface area contributed by atoms with Crippen LogP contribution in [0.15, 0.2) is 0 Å². The van der Waals surface area contributed by atoms with Gasteiger partial charge in [0.1, 0.15) is 6.61 Å². The molecule has 0 radical (unpaired) electrons. The number of nitrogens with zero attached hydrogens (tertiary/aromatic N) is 1. The summed E-state index contributed by atoms with van der Waals surface area (Å²) in [5.74, 6) is -0.0465. The van der Waals surface area contributed by atoms with E-state index in [2.05, 4.69) is 6.92 Å². The van der Waals surface area contributed by atoms with Crippen LogP contribution in [0.1, 0.15) is 32.6 Å². The van der Waals surface area contributed by atoms with Crippen molar-refractivity contribution in [2.45, 2.75) is 38.8 Å². The Morgan fingerprint density at radius 3 is 2.81 bits per heavy atom. The van der Waals surface area contributed by atoms with Gasteiger partial charge >= 0.3 is 6.09 Å². The Kier molecular flexibility index (Phi) is 5.25. The molecular weight excluding hydrogens is 210 g/mol. The van der Waals surface area contributed by atoms with Gasteiger partial charge in [0.15, 0.2) is 12.0 Å². The van der Waals surface area contributed by atoms with Gasteiger partial charge in [0.2, 0.25) is 0 Å². The number of Topliss-reactive ketones (excluding diaryl/α,β-unsaturated/α-hetero) is 1. The van der Waals surface area contributed by atoms with Crippen molar-refractivity contribution in [1.82, 2.24) is 4.90 Å². The number of methoxy groups -OCH3 is 1. The molecule has 0 aromatic carbocycles. The van der Waals surface area contributed by atoms with E-state index in [1.165, 1.54) is 12.0 Å². The van der Waals surface area contributed by atoms with Crippen molar-refractivity contribution in [3.63, 3.8) is 0 Å². The van der Waals surface area contributed by atoms with E-state index < -0.39 is 12.3 Å². The van der Waals surface area contributed by atoms with Crippen molar-refractivity contribution < 1.29 is 19.1 Å². The molecule has 1 heterocycles. The average molecular weight is 229 g/mol. The summed E-state index contributed by atoms with van der Waals surface area (Å²) < 4.78 is 9.85. The largest absolute Gasteiger partial charge is 0.447 e. The number of carbonyl (C=O) groups excluding carboxylic acids is 2. The molecule has 16 heavy (non-hydrogen) atoms. The molecule has 92 valence electrons. The standard InChI is InChI=1S/C11H19NO4/c1-3-4-5-6-9(13)10(15-2)12-7-8-16-11(12)14/h10H,3-8H2,1-2H3. The van der Waals surface area contributed by atoms with Gasteiger partial charge in [-0.05, 0) is 6.42 Å². The van der Waals surface area contributed by atoms with Crippen LogP contribution >= 0.6 is 0 Å². The Bertz CT molecular complexity index is 254. The molecule has 0 N–H and O–H groups in total. The van der Waals surface area contributed by atoms with Crippen molar-refractivity contribution in [2.75, 3.05) is 20.3 Å². The predicted octanol–water partition coefficient (Wildman–Crippen LogP) is 1.56. The second-order valence-corrected chi connectivity index (χ2v) is 3.82. The molecule has 1 aliphatic heterocycles. The zero-order valence-electron chi connectivity index (χ0n) is 9.90. The van der Waals surface area contributed by atoms with Crippen LogP contribution in [0.25, 0.3) is 0 Å². The predicted molar refractivity (Wildman–Crippen MR) is 58.0 cm³/mol. The first-order chi connectivity index (χ1) is 7.70. The Balaban J connectivity index is 2.46. The smallest absolute Gasteiger partial charge is 0.412 e. The van der Waals surface area contributed by atoms with Crippen molar-refractivity contribution in [3.8, 4) is 0 Å². The minimum Gasteiger partial charge on any atom is -0.447 e. The topological polar surface area (TPSA) is 55.8 Å². The highest BCUT2D eigenvalue weighted by molar-refractivity contribution is 5.86. The molecule has 1 amide bonds. The Morgan fingerprint density at radius 1 is 1.56 bits per heavy atom. The van der Waals surface area contributed by atoms with E-state index in [-0.39, 0.29) is 5.78 Å². The minimum atomic E-state index is -0.771. The summed E-state index contributed by atoms with van der Waals surface area (Å²) in [5.41, 5.74) is 0. The summed E-state index contributed by atoms with van der Waals surface area (Å²) in [5, 5.41) is 0. The van der Waals surface area contributed by atoms with Gasteiger partial charge in [-0.15, -0.1) is 0 Å². The number of hydrogen-bond acceptors (Lipinski definition) is 4. The quantitative estimate of drug-likeness (QED) is 0.622. The fourth-order valence-electron chi connectivity index (χ4n) is 1.72. The van der Waals surface area contributed by atoms with Crippen molar-refractivity contribution in [2.24, 2.45) is 0 Å². The molecule has 0 aromatic heterocycles. The molecule has 1 aliphatic rings. The fraction of sp³-hybridized carbons (Fsp3) is 0.818. The van der Waals surface area contributed by atoms with Crippen molar-refractivity contribution >= 4 is 11.9 Å². The maximum Gasteiger partial charge on any atom is 0.412 e. The highest BCUT2D eigenvalue weighted by Crippen LogP contribution is 2.13. The lowest BCUT2D eigenvalue weighted by Gasteiger charge is -2.22. The third kappa shape index (κ3) is 3.20. The molecule has 1 saturated heterocycles. The first-order valence-corrected chi connectivity index (χ1v) is 5.69. The van der Waals surface area contributed by atoms with Crippen LogP contribution in [0.4, 0.5) is 4.79 Å². The van der Waals surface area contributed by atoms with E-state index >= 15 is 0 Å². The number of amides is 1. The summed E-state index contributed by atoms with van der Waals surface area (Å²) in [6.45, 7) is 2.84. The van der Waals surface area contributed by atoms with Crippen LogP contribution in [0.2, 0.25) is 0 Å². The van der Waals surface area contributed by atoms with Crippen LogP contribution in [-0.4, -0.2) is 43.3 Å². The Morgan fingerprint density at radius 2 is 2.31 bits per heavy atom. The molecule has 1 fully saturated rings. The molecule has 0 spiro atoms. The van der Waals surface area contributed by atoms with Gasteiger partial charge in [0, 0.05) is 13.5 Å². The molecule has 0 aromatic rings. The second kappa shape index (κ2) is 6.48. The summed E-state index contributed by atoms with van der Waals surface area (Å²) in [7, 11) is 1.44. The zero-order valence-corrected chi connectivity index (χ0v) is 9.90. The van der Waals surface area contributed by atoms with Gasteiger partial charge in [-0.25, -0.2) is 4.79 Å². The van der Waals surface area contributed by atoms with Gasteiger partial charge in [-0.3, -0.25) is 9.69 Å². The number of hydrogen-bond donors (Lipinski definition) is 0. The monoisotopic (exact) mass is 229 g/mol. The summed E-state index contributed by atoms with van der Waals surface area (Å²) >= 11 is 0.